The van der Waals surface area contributed by atoms with Crippen LogP contribution in [0.2, 0.25) is 0 Å². The molecule has 2 N–H and O–H groups in total. The zero-order valence-corrected chi connectivity index (χ0v) is 15.9. The van der Waals surface area contributed by atoms with Crippen LogP contribution in [0.3, 0.4) is 0 Å². The molecule has 2 heterocycles. The highest BCUT2D eigenvalue weighted by molar-refractivity contribution is 5.85. The van der Waals surface area contributed by atoms with Crippen LogP contribution < -0.4 is 10.6 Å². The monoisotopic (exact) mass is 374 g/mol. The van der Waals surface area contributed by atoms with Gasteiger partial charge in [-0.3, -0.25) is 9.59 Å². The van der Waals surface area contributed by atoms with Crippen LogP contribution in [0.1, 0.15) is 38.5 Å². The number of methoxy groups -OCH3 is 1. The molecule has 3 aliphatic rings. The lowest BCUT2D eigenvalue weighted by atomic mass is 9.67. The number of rotatable bonds is 5. The average Bonchev–Trinajstić information content (AvgIpc) is 3.07. The summed E-state index contributed by atoms with van der Waals surface area (Å²) >= 11 is 0. The minimum atomic E-state index is -0.269. The van der Waals surface area contributed by atoms with Gasteiger partial charge in [-0.25, -0.2) is 0 Å². The Morgan fingerprint density at radius 2 is 2.04 bits per heavy atom. The third-order valence-electron chi connectivity index (χ3n) is 6.31. The number of nitrogens with one attached hydrogen (secondary N) is 2. The lowest BCUT2D eigenvalue weighted by molar-refractivity contribution is -0.149. The Balaban J connectivity index is 0.00000225. The van der Waals surface area contributed by atoms with E-state index in [0.29, 0.717) is 25.7 Å². The summed E-state index contributed by atoms with van der Waals surface area (Å²) in [6.07, 6.45) is 6.12. The number of hydrogen-bond donors (Lipinski definition) is 2. The third kappa shape index (κ3) is 4.29. The van der Waals surface area contributed by atoms with Crippen molar-refractivity contribution in [3.8, 4) is 0 Å². The molecule has 1 saturated carbocycles. The Labute approximate surface area is 156 Å². The average molecular weight is 375 g/mol. The normalized spacial score (nSPS) is 30.7. The second kappa shape index (κ2) is 9.19. The summed E-state index contributed by atoms with van der Waals surface area (Å²) in [6, 6.07) is 0. The van der Waals surface area contributed by atoms with Crippen LogP contribution in [0.25, 0.3) is 0 Å². The van der Waals surface area contributed by atoms with Gasteiger partial charge in [0.25, 0.3) is 0 Å². The van der Waals surface area contributed by atoms with Crippen molar-refractivity contribution in [2.75, 3.05) is 40.0 Å². The van der Waals surface area contributed by atoms with Gasteiger partial charge in [-0.2, -0.15) is 0 Å². The van der Waals surface area contributed by atoms with Gasteiger partial charge in [0.15, 0.2) is 0 Å². The summed E-state index contributed by atoms with van der Waals surface area (Å²) in [5.41, 5.74) is -0.269. The molecule has 2 saturated heterocycles. The molecule has 2 aliphatic heterocycles. The maximum atomic E-state index is 13.0. The molecule has 0 aromatic heterocycles. The van der Waals surface area contributed by atoms with Crippen LogP contribution in [-0.2, 0) is 19.1 Å². The fourth-order valence-electron chi connectivity index (χ4n) is 4.78. The van der Waals surface area contributed by atoms with E-state index in [4.69, 9.17) is 9.47 Å². The van der Waals surface area contributed by atoms with E-state index < -0.39 is 0 Å². The van der Waals surface area contributed by atoms with E-state index in [1.807, 2.05) is 0 Å². The van der Waals surface area contributed by atoms with E-state index >= 15 is 0 Å². The van der Waals surface area contributed by atoms with Gasteiger partial charge in [-0.05, 0) is 44.1 Å². The molecule has 3 atom stereocenters. The molecule has 3 fully saturated rings. The standard InChI is InChI=1S/C18H30N2O4.ClH/c1-23-16(21)15(13-5-8-24-9-6-13)11-20-17(22)18-7-3-2-4-14(18)10-19-12-18;/h13-15,19H,2-12H2,1H3,(H,20,22);1H/t14-,15?,18+;/m0./s1. The zero-order chi connectivity index (χ0) is 17.0. The minimum Gasteiger partial charge on any atom is -0.469 e. The lowest BCUT2D eigenvalue weighted by Crippen LogP contribution is -2.50. The summed E-state index contributed by atoms with van der Waals surface area (Å²) < 4.78 is 10.4. The van der Waals surface area contributed by atoms with Crippen LogP contribution >= 0.6 is 12.4 Å². The Morgan fingerprint density at radius 3 is 2.76 bits per heavy atom. The Kier molecular flexibility index (Phi) is 7.52. The van der Waals surface area contributed by atoms with Gasteiger partial charge >= 0.3 is 5.97 Å². The van der Waals surface area contributed by atoms with Crippen molar-refractivity contribution in [2.45, 2.75) is 38.5 Å². The van der Waals surface area contributed by atoms with Crippen molar-refractivity contribution >= 4 is 24.3 Å². The Morgan fingerprint density at radius 1 is 1.28 bits per heavy atom. The number of carbonyl (C=O) groups excluding carboxylic acids is 2. The lowest BCUT2D eigenvalue weighted by Gasteiger charge is -2.38. The molecule has 0 bridgehead atoms. The molecule has 0 aromatic carbocycles. The molecule has 144 valence electrons. The van der Waals surface area contributed by atoms with Crippen LogP contribution in [0.15, 0.2) is 0 Å². The first-order valence-electron chi connectivity index (χ1n) is 9.32. The number of ether oxygens (including phenoxy) is 2. The SMILES string of the molecule is COC(=O)C(CNC(=O)[C@@]12CCCC[C@H]1CNC2)C1CCOCC1.Cl. The topological polar surface area (TPSA) is 76.7 Å². The summed E-state index contributed by atoms with van der Waals surface area (Å²) in [6.45, 7) is 3.45. The molecule has 0 radical (unpaired) electrons. The number of amides is 1. The molecule has 0 aromatic rings. The molecule has 1 aliphatic carbocycles. The number of fused-ring (bicyclic) bond motifs is 1. The molecular weight excluding hydrogens is 344 g/mol. The van der Waals surface area contributed by atoms with Crippen molar-refractivity contribution in [2.24, 2.45) is 23.2 Å². The van der Waals surface area contributed by atoms with Crippen molar-refractivity contribution < 1.29 is 19.1 Å². The van der Waals surface area contributed by atoms with E-state index in [1.165, 1.54) is 13.5 Å². The molecule has 0 spiro atoms. The minimum absolute atomic E-state index is 0. The highest BCUT2D eigenvalue weighted by Gasteiger charge is 2.50. The van der Waals surface area contributed by atoms with Crippen LogP contribution in [-0.4, -0.2) is 51.8 Å². The number of esters is 1. The van der Waals surface area contributed by atoms with E-state index in [-0.39, 0.29) is 41.5 Å². The van der Waals surface area contributed by atoms with Crippen molar-refractivity contribution in [3.63, 3.8) is 0 Å². The fourth-order valence-corrected chi connectivity index (χ4v) is 4.78. The molecular formula is C18H31ClN2O4. The van der Waals surface area contributed by atoms with Gasteiger partial charge in [-0.15, -0.1) is 12.4 Å². The van der Waals surface area contributed by atoms with Gasteiger partial charge < -0.3 is 20.1 Å². The molecule has 7 heteroatoms. The van der Waals surface area contributed by atoms with Gasteiger partial charge in [0.05, 0.1) is 18.4 Å². The molecule has 6 nitrogen and oxygen atoms in total. The number of hydrogen-bond acceptors (Lipinski definition) is 5. The second-order valence-electron chi connectivity index (χ2n) is 7.52. The van der Waals surface area contributed by atoms with Crippen LogP contribution in [0.4, 0.5) is 0 Å². The smallest absolute Gasteiger partial charge is 0.310 e. The summed E-state index contributed by atoms with van der Waals surface area (Å²) in [5, 5.41) is 6.51. The molecule has 25 heavy (non-hydrogen) atoms. The molecule has 1 amide bonds. The van der Waals surface area contributed by atoms with E-state index in [2.05, 4.69) is 10.6 Å². The summed E-state index contributed by atoms with van der Waals surface area (Å²) in [4.78, 5) is 25.2. The number of halogens is 1. The van der Waals surface area contributed by atoms with E-state index in [1.54, 1.807) is 0 Å². The van der Waals surface area contributed by atoms with Gasteiger partial charge in [0, 0.05) is 26.3 Å². The maximum Gasteiger partial charge on any atom is 0.310 e. The highest BCUT2D eigenvalue weighted by Crippen LogP contribution is 2.44. The van der Waals surface area contributed by atoms with Crippen molar-refractivity contribution in [1.82, 2.24) is 10.6 Å². The van der Waals surface area contributed by atoms with Gasteiger partial charge in [-0.1, -0.05) is 12.8 Å². The van der Waals surface area contributed by atoms with Crippen molar-refractivity contribution in [3.05, 3.63) is 0 Å². The van der Waals surface area contributed by atoms with E-state index in [0.717, 1.165) is 45.2 Å². The Bertz CT molecular complexity index is 470. The maximum absolute atomic E-state index is 13.0. The van der Waals surface area contributed by atoms with Gasteiger partial charge in [0.2, 0.25) is 5.91 Å². The highest BCUT2D eigenvalue weighted by atomic mass is 35.5. The van der Waals surface area contributed by atoms with Crippen molar-refractivity contribution in [1.29, 1.82) is 0 Å². The first kappa shape index (κ1) is 20.5. The second-order valence-corrected chi connectivity index (χ2v) is 7.52. The molecule has 3 rings (SSSR count). The van der Waals surface area contributed by atoms with Gasteiger partial charge in [0.1, 0.15) is 0 Å². The first-order chi connectivity index (χ1) is 11.7. The third-order valence-corrected chi connectivity index (χ3v) is 6.31. The Hall–Kier alpha value is -0.850. The fraction of sp³-hybridized carbons (Fsp3) is 0.889. The summed E-state index contributed by atoms with van der Waals surface area (Å²) in [7, 11) is 1.42. The molecule has 1 unspecified atom stereocenters. The van der Waals surface area contributed by atoms with E-state index in [9.17, 15) is 9.59 Å². The number of carbonyl (C=O) groups is 2. The predicted octanol–water partition coefficient (Wildman–Crippen LogP) is 1.52. The quantitative estimate of drug-likeness (QED) is 0.713. The summed E-state index contributed by atoms with van der Waals surface area (Å²) in [5.74, 6) is 0.303. The van der Waals surface area contributed by atoms with Crippen LogP contribution in [0.5, 0.6) is 0 Å². The zero-order valence-electron chi connectivity index (χ0n) is 15.1. The largest absolute Gasteiger partial charge is 0.469 e. The van der Waals surface area contributed by atoms with Crippen LogP contribution in [0, 0.1) is 23.2 Å². The first-order valence-corrected chi connectivity index (χ1v) is 9.32. The predicted molar refractivity (Wildman–Crippen MR) is 96.6 cm³/mol.